The number of epoxide rings is 1. The van der Waals surface area contributed by atoms with E-state index in [0.717, 1.165) is 5.92 Å². The first-order valence-electron chi connectivity index (χ1n) is 4.03. The SMILES string of the molecule is CC.CC1CCC2OC12. The first kappa shape index (κ1) is 7.07. The van der Waals surface area contributed by atoms with Gasteiger partial charge in [0.05, 0.1) is 12.2 Å². The van der Waals surface area contributed by atoms with Crippen LogP contribution in [0.3, 0.4) is 0 Å². The quantitative estimate of drug-likeness (QED) is 0.456. The van der Waals surface area contributed by atoms with E-state index in [9.17, 15) is 0 Å². The normalized spacial score (nSPS) is 45.0. The molecule has 54 valence electrons. The Balaban J connectivity index is 0.000000186. The third-order valence-corrected chi connectivity index (χ3v) is 2.09. The average Bonchev–Trinajstić information content (AvgIpc) is 2.61. The molecule has 2 rings (SSSR count). The van der Waals surface area contributed by atoms with Gasteiger partial charge in [-0.05, 0) is 18.8 Å². The second-order valence-corrected chi connectivity index (χ2v) is 2.69. The summed E-state index contributed by atoms with van der Waals surface area (Å²) in [5.41, 5.74) is 0. The zero-order valence-corrected chi connectivity index (χ0v) is 6.55. The molecule has 9 heavy (non-hydrogen) atoms. The van der Waals surface area contributed by atoms with Gasteiger partial charge >= 0.3 is 0 Å². The molecular weight excluding hydrogens is 112 g/mol. The van der Waals surface area contributed by atoms with Crippen molar-refractivity contribution in [3.63, 3.8) is 0 Å². The van der Waals surface area contributed by atoms with Crippen molar-refractivity contribution in [3.8, 4) is 0 Å². The van der Waals surface area contributed by atoms with Crippen LogP contribution in [0.2, 0.25) is 0 Å². The maximum absolute atomic E-state index is 5.27. The van der Waals surface area contributed by atoms with Gasteiger partial charge in [0.2, 0.25) is 0 Å². The van der Waals surface area contributed by atoms with Gasteiger partial charge in [0.15, 0.2) is 0 Å². The van der Waals surface area contributed by atoms with Crippen LogP contribution >= 0.6 is 0 Å². The van der Waals surface area contributed by atoms with E-state index in [1.807, 2.05) is 13.8 Å². The Hall–Kier alpha value is -0.0400. The predicted molar refractivity (Wildman–Crippen MR) is 38.4 cm³/mol. The van der Waals surface area contributed by atoms with Crippen molar-refractivity contribution >= 4 is 0 Å². The fourth-order valence-corrected chi connectivity index (χ4v) is 1.48. The lowest BCUT2D eigenvalue weighted by atomic mass is 10.1. The lowest BCUT2D eigenvalue weighted by Crippen LogP contribution is -1.95. The molecule has 1 saturated carbocycles. The first-order valence-corrected chi connectivity index (χ1v) is 4.03. The summed E-state index contributed by atoms with van der Waals surface area (Å²) in [6, 6.07) is 0. The second-order valence-electron chi connectivity index (χ2n) is 2.69. The highest BCUT2D eigenvalue weighted by molar-refractivity contribution is 4.95. The summed E-state index contributed by atoms with van der Waals surface area (Å²) >= 11 is 0. The summed E-state index contributed by atoms with van der Waals surface area (Å²) in [5, 5.41) is 0. The van der Waals surface area contributed by atoms with Crippen LogP contribution in [0.5, 0.6) is 0 Å². The van der Waals surface area contributed by atoms with E-state index in [-0.39, 0.29) is 0 Å². The minimum Gasteiger partial charge on any atom is -0.369 e. The summed E-state index contributed by atoms with van der Waals surface area (Å²) in [6.07, 6.45) is 4.09. The fourth-order valence-electron chi connectivity index (χ4n) is 1.48. The zero-order valence-electron chi connectivity index (χ0n) is 6.55. The van der Waals surface area contributed by atoms with Gasteiger partial charge in [-0.25, -0.2) is 0 Å². The predicted octanol–water partition coefficient (Wildman–Crippen LogP) is 2.21. The molecule has 0 radical (unpaired) electrons. The second kappa shape index (κ2) is 2.70. The van der Waals surface area contributed by atoms with Crippen LogP contribution in [0.25, 0.3) is 0 Å². The van der Waals surface area contributed by atoms with Crippen LogP contribution in [0.4, 0.5) is 0 Å². The third kappa shape index (κ3) is 1.26. The molecule has 2 fully saturated rings. The molecule has 2 aliphatic rings. The minimum atomic E-state index is 0.681. The number of hydrogen-bond acceptors (Lipinski definition) is 1. The van der Waals surface area contributed by atoms with Gasteiger partial charge in [0, 0.05) is 0 Å². The van der Waals surface area contributed by atoms with Crippen molar-refractivity contribution in [1.82, 2.24) is 0 Å². The van der Waals surface area contributed by atoms with E-state index in [0.29, 0.717) is 12.2 Å². The van der Waals surface area contributed by atoms with Crippen molar-refractivity contribution in [1.29, 1.82) is 0 Å². The van der Waals surface area contributed by atoms with Gasteiger partial charge < -0.3 is 4.74 Å². The number of hydrogen-bond donors (Lipinski definition) is 0. The van der Waals surface area contributed by atoms with Crippen molar-refractivity contribution in [2.45, 2.75) is 45.8 Å². The molecule has 1 aliphatic carbocycles. The van der Waals surface area contributed by atoms with Gasteiger partial charge in [-0.1, -0.05) is 20.8 Å². The Morgan fingerprint density at radius 3 is 2.00 bits per heavy atom. The Morgan fingerprint density at radius 2 is 1.89 bits per heavy atom. The fraction of sp³-hybridized carbons (Fsp3) is 1.00. The summed E-state index contributed by atoms with van der Waals surface area (Å²) < 4.78 is 5.27. The van der Waals surface area contributed by atoms with Gasteiger partial charge in [-0.15, -0.1) is 0 Å². The average molecular weight is 128 g/mol. The number of fused-ring (bicyclic) bond motifs is 1. The highest BCUT2D eigenvalue weighted by Crippen LogP contribution is 2.42. The zero-order chi connectivity index (χ0) is 6.85. The van der Waals surface area contributed by atoms with Crippen LogP contribution in [-0.4, -0.2) is 12.2 Å². The molecular formula is C8H16O. The lowest BCUT2D eigenvalue weighted by molar-refractivity contribution is 0.276. The molecule has 0 bridgehead atoms. The van der Waals surface area contributed by atoms with Crippen LogP contribution in [0, 0.1) is 5.92 Å². The van der Waals surface area contributed by atoms with Gasteiger partial charge in [-0.2, -0.15) is 0 Å². The summed E-state index contributed by atoms with van der Waals surface area (Å²) in [4.78, 5) is 0. The standard InChI is InChI=1S/C6H10O.C2H6/c1-4-2-3-5-6(4)7-5;1-2/h4-6H,2-3H2,1H3;1-2H3. The minimum absolute atomic E-state index is 0.681. The molecule has 1 heterocycles. The Kier molecular flexibility index (Phi) is 2.12. The van der Waals surface area contributed by atoms with Crippen molar-refractivity contribution < 1.29 is 4.74 Å². The highest BCUT2D eigenvalue weighted by Gasteiger charge is 2.47. The summed E-state index contributed by atoms with van der Waals surface area (Å²) in [6.45, 7) is 6.28. The van der Waals surface area contributed by atoms with E-state index in [2.05, 4.69) is 6.92 Å². The molecule has 0 aromatic heterocycles. The topological polar surface area (TPSA) is 12.5 Å². The summed E-state index contributed by atoms with van der Waals surface area (Å²) in [5.74, 6) is 0.866. The molecule has 0 aromatic rings. The summed E-state index contributed by atoms with van der Waals surface area (Å²) in [7, 11) is 0. The van der Waals surface area contributed by atoms with E-state index in [1.165, 1.54) is 12.8 Å². The Bertz CT molecular complexity index is 90.6. The number of rotatable bonds is 0. The van der Waals surface area contributed by atoms with E-state index < -0.39 is 0 Å². The van der Waals surface area contributed by atoms with Crippen LogP contribution < -0.4 is 0 Å². The van der Waals surface area contributed by atoms with E-state index >= 15 is 0 Å². The molecule has 1 heteroatoms. The maximum atomic E-state index is 5.27. The maximum Gasteiger partial charge on any atom is 0.0867 e. The van der Waals surface area contributed by atoms with E-state index in [4.69, 9.17) is 4.74 Å². The van der Waals surface area contributed by atoms with Crippen LogP contribution in [-0.2, 0) is 4.74 Å². The molecule has 0 N–H and O–H groups in total. The molecule has 1 nitrogen and oxygen atoms in total. The largest absolute Gasteiger partial charge is 0.369 e. The molecule has 0 spiro atoms. The first-order chi connectivity index (χ1) is 4.38. The lowest BCUT2D eigenvalue weighted by Gasteiger charge is -1.97. The van der Waals surface area contributed by atoms with Gasteiger partial charge in [0.25, 0.3) is 0 Å². The van der Waals surface area contributed by atoms with Crippen LogP contribution in [0.15, 0.2) is 0 Å². The molecule has 0 aromatic carbocycles. The molecule has 1 saturated heterocycles. The third-order valence-electron chi connectivity index (χ3n) is 2.09. The van der Waals surface area contributed by atoms with Crippen molar-refractivity contribution in [2.75, 3.05) is 0 Å². The Labute approximate surface area is 57.4 Å². The number of ether oxygens (including phenoxy) is 1. The molecule has 3 unspecified atom stereocenters. The molecule has 1 aliphatic heterocycles. The van der Waals surface area contributed by atoms with E-state index in [1.54, 1.807) is 0 Å². The van der Waals surface area contributed by atoms with Gasteiger partial charge in [-0.3, -0.25) is 0 Å². The highest BCUT2D eigenvalue weighted by atomic mass is 16.6. The van der Waals surface area contributed by atoms with Gasteiger partial charge in [0.1, 0.15) is 0 Å². The Morgan fingerprint density at radius 1 is 1.22 bits per heavy atom. The van der Waals surface area contributed by atoms with Crippen molar-refractivity contribution in [3.05, 3.63) is 0 Å². The molecule has 0 amide bonds. The monoisotopic (exact) mass is 128 g/mol. The van der Waals surface area contributed by atoms with Crippen molar-refractivity contribution in [2.24, 2.45) is 5.92 Å². The van der Waals surface area contributed by atoms with Crippen LogP contribution in [0.1, 0.15) is 33.6 Å². The smallest absolute Gasteiger partial charge is 0.0867 e. The molecule has 3 atom stereocenters.